The van der Waals surface area contributed by atoms with Crippen LogP contribution < -0.4 is 24.4 Å². The predicted octanol–water partition coefficient (Wildman–Crippen LogP) is 4.44. The van der Waals surface area contributed by atoms with Crippen molar-refractivity contribution in [2.75, 3.05) is 20.3 Å². The van der Waals surface area contributed by atoms with Gasteiger partial charge in [-0.3, -0.25) is 9.36 Å². The topological polar surface area (TPSA) is 79.1 Å². The monoisotopic (exact) mass is 526 g/mol. The number of fused-ring (bicyclic) bond motifs is 1. The van der Waals surface area contributed by atoms with Crippen molar-refractivity contribution in [1.82, 2.24) is 4.57 Å². The average molecular weight is 527 g/mol. The maximum Gasteiger partial charge on any atom is 0.338 e. The van der Waals surface area contributed by atoms with Crippen LogP contribution in [0.2, 0.25) is 0 Å². The van der Waals surface area contributed by atoms with E-state index in [0.29, 0.717) is 38.7 Å². The highest BCUT2D eigenvalue weighted by Crippen LogP contribution is 2.33. The summed E-state index contributed by atoms with van der Waals surface area (Å²) in [6.45, 7) is 6.58. The molecule has 4 rings (SSSR count). The molecule has 2 aromatic heterocycles. The molecule has 1 atom stereocenters. The fourth-order valence-electron chi connectivity index (χ4n) is 4.09. The van der Waals surface area contributed by atoms with Crippen molar-refractivity contribution in [3.05, 3.63) is 77.1 Å². The third-order valence-electron chi connectivity index (χ3n) is 5.82. The zero-order valence-electron chi connectivity index (χ0n) is 20.9. The molecular formula is C27H30N2O5S2. The lowest BCUT2D eigenvalue weighted by Gasteiger charge is -2.23. The van der Waals surface area contributed by atoms with Gasteiger partial charge in [0.1, 0.15) is 6.04 Å². The Balaban J connectivity index is 1.75. The summed E-state index contributed by atoms with van der Waals surface area (Å²) in [7, 11) is 1.60. The fraction of sp³-hybridized carbons (Fsp3) is 0.370. The zero-order chi connectivity index (χ0) is 25.7. The van der Waals surface area contributed by atoms with Gasteiger partial charge < -0.3 is 14.2 Å². The summed E-state index contributed by atoms with van der Waals surface area (Å²) in [5.74, 6) is 0.843. The maximum absolute atomic E-state index is 13.6. The van der Waals surface area contributed by atoms with Gasteiger partial charge in [0, 0.05) is 4.88 Å². The Morgan fingerprint density at radius 2 is 2.03 bits per heavy atom. The van der Waals surface area contributed by atoms with E-state index in [1.807, 2.05) is 41.8 Å². The Bertz CT molecular complexity index is 1430. The lowest BCUT2D eigenvalue weighted by molar-refractivity contribution is -0.139. The van der Waals surface area contributed by atoms with Crippen LogP contribution in [0, 0.1) is 0 Å². The second kappa shape index (κ2) is 11.7. The normalized spacial score (nSPS) is 15.4. The van der Waals surface area contributed by atoms with Gasteiger partial charge in [0.15, 0.2) is 16.3 Å². The van der Waals surface area contributed by atoms with Gasteiger partial charge in [-0.1, -0.05) is 43.2 Å². The summed E-state index contributed by atoms with van der Waals surface area (Å²) in [5.41, 5.74) is 1.56. The highest BCUT2D eigenvalue weighted by atomic mass is 32.1. The van der Waals surface area contributed by atoms with Crippen molar-refractivity contribution in [2.24, 2.45) is 4.99 Å². The number of aromatic nitrogens is 1. The molecule has 0 saturated heterocycles. The highest BCUT2D eigenvalue weighted by Gasteiger charge is 2.33. The van der Waals surface area contributed by atoms with E-state index in [0.717, 1.165) is 29.7 Å². The molecule has 9 heteroatoms. The van der Waals surface area contributed by atoms with Gasteiger partial charge in [0.25, 0.3) is 5.56 Å². The molecule has 0 unspecified atom stereocenters. The van der Waals surface area contributed by atoms with Crippen LogP contribution in [0.4, 0.5) is 0 Å². The molecule has 0 amide bonds. The molecule has 0 N–H and O–H groups in total. The first kappa shape index (κ1) is 25.9. The van der Waals surface area contributed by atoms with Gasteiger partial charge in [-0.15, -0.1) is 11.3 Å². The van der Waals surface area contributed by atoms with Crippen molar-refractivity contribution in [3.63, 3.8) is 0 Å². The number of hydrogen-bond acceptors (Lipinski definition) is 8. The molecule has 190 valence electrons. The Morgan fingerprint density at radius 3 is 2.72 bits per heavy atom. The van der Waals surface area contributed by atoms with Crippen LogP contribution in [0.5, 0.6) is 11.5 Å². The van der Waals surface area contributed by atoms with Gasteiger partial charge in [0.05, 0.1) is 36.1 Å². The smallest absolute Gasteiger partial charge is 0.338 e. The summed E-state index contributed by atoms with van der Waals surface area (Å²) in [4.78, 5) is 32.5. The third kappa shape index (κ3) is 5.32. The average Bonchev–Trinajstić information content (AvgIpc) is 3.50. The Labute approximate surface area is 218 Å². The molecule has 1 aliphatic heterocycles. The number of carbonyl (C=O) groups is 1. The van der Waals surface area contributed by atoms with E-state index < -0.39 is 12.0 Å². The van der Waals surface area contributed by atoms with E-state index in [9.17, 15) is 9.59 Å². The summed E-state index contributed by atoms with van der Waals surface area (Å²) >= 11 is 2.79. The highest BCUT2D eigenvalue weighted by molar-refractivity contribution is 7.10. The largest absolute Gasteiger partial charge is 0.493 e. The molecule has 3 aromatic rings. The summed E-state index contributed by atoms with van der Waals surface area (Å²) in [5, 5.41) is 1.93. The first-order chi connectivity index (χ1) is 17.5. The second-order valence-electron chi connectivity index (χ2n) is 8.28. The molecule has 0 saturated carbocycles. The number of methoxy groups -OCH3 is 1. The molecule has 0 aliphatic carbocycles. The number of thiazole rings is 1. The molecular weight excluding hydrogens is 496 g/mol. The zero-order valence-corrected chi connectivity index (χ0v) is 22.5. The van der Waals surface area contributed by atoms with Crippen LogP contribution in [0.25, 0.3) is 6.08 Å². The molecule has 0 spiro atoms. The quantitative estimate of drug-likeness (QED) is 0.288. The van der Waals surface area contributed by atoms with Crippen molar-refractivity contribution < 1.29 is 19.0 Å². The number of nitrogens with zero attached hydrogens (tertiary/aromatic N) is 2. The first-order valence-electron chi connectivity index (χ1n) is 12.0. The third-order valence-corrected chi connectivity index (χ3v) is 7.73. The van der Waals surface area contributed by atoms with Gasteiger partial charge in [-0.2, -0.15) is 0 Å². The minimum atomic E-state index is -0.573. The number of esters is 1. The Hall–Kier alpha value is -3.17. The van der Waals surface area contributed by atoms with Crippen molar-refractivity contribution in [1.29, 1.82) is 0 Å². The molecule has 1 aliphatic rings. The van der Waals surface area contributed by atoms with E-state index in [1.165, 1.54) is 22.7 Å². The SMILES string of the molecule is CCCCCOc1ccc(/C=c2\sc3n(c2=O)[C@@H](c2cccs2)C(C(=O)OCC)=C(C)N=3)cc1OC. The first-order valence-corrected chi connectivity index (χ1v) is 13.7. The van der Waals surface area contributed by atoms with Crippen molar-refractivity contribution in [3.8, 4) is 11.5 Å². The standard InChI is InChI=1S/C27H30N2O5S2/c1-5-7-8-13-34-19-12-11-18(15-20(19)32-4)16-22-25(30)29-24(21-10-9-14-35-21)23(26(31)33-6-2)17(3)28-27(29)36-22/h9-12,14-16,24H,5-8,13H2,1-4H3/b22-16-/t24-/m0/s1. The summed E-state index contributed by atoms with van der Waals surface area (Å²) in [6.07, 6.45) is 5.05. The van der Waals surface area contributed by atoms with E-state index >= 15 is 0 Å². The molecule has 3 heterocycles. The summed E-state index contributed by atoms with van der Waals surface area (Å²) in [6, 6.07) is 8.89. The summed E-state index contributed by atoms with van der Waals surface area (Å²) < 4.78 is 18.9. The van der Waals surface area contributed by atoms with Gasteiger partial charge in [-0.05, 0) is 55.5 Å². The van der Waals surface area contributed by atoms with Crippen LogP contribution in [-0.2, 0) is 9.53 Å². The van der Waals surface area contributed by atoms with Crippen molar-refractivity contribution >= 4 is 34.7 Å². The van der Waals surface area contributed by atoms with Crippen LogP contribution in [0.15, 0.2) is 56.8 Å². The fourth-order valence-corrected chi connectivity index (χ4v) is 5.96. The lowest BCUT2D eigenvalue weighted by atomic mass is 10.0. The van der Waals surface area contributed by atoms with Gasteiger partial charge in [-0.25, -0.2) is 9.79 Å². The molecule has 7 nitrogen and oxygen atoms in total. The van der Waals surface area contributed by atoms with Crippen LogP contribution in [-0.4, -0.2) is 30.9 Å². The number of thiophene rings is 1. The Kier molecular flexibility index (Phi) is 8.43. The molecule has 0 bridgehead atoms. The number of ether oxygens (including phenoxy) is 3. The maximum atomic E-state index is 13.6. The number of carbonyl (C=O) groups excluding carboxylic acids is 1. The van der Waals surface area contributed by atoms with E-state index in [-0.39, 0.29) is 12.2 Å². The minimum Gasteiger partial charge on any atom is -0.493 e. The number of rotatable bonds is 10. The molecule has 0 radical (unpaired) electrons. The van der Waals surface area contributed by atoms with E-state index in [2.05, 4.69) is 11.9 Å². The molecule has 0 fully saturated rings. The number of unbranched alkanes of at least 4 members (excludes halogenated alkanes) is 2. The number of benzene rings is 1. The predicted molar refractivity (Wildman–Crippen MR) is 143 cm³/mol. The van der Waals surface area contributed by atoms with Crippen LogP contribution >= 0.6 is 22.7 Å². The van der Waals surface area contributed by atoms with Gasteiger partial charge in [0.2, 0.25) is 0 Å². The number of hydrogen-bond donors (Lipinski definition) is 0. The molecule has 1 aromatic carbocycles. The van der Waals surface area contributed by atoms with E-state index in [1.54, 1.807) is 25.5 Å². The minimum absolute atomic E-state index is 0.203. The van der Waals surface area contributed by atoms with Crippen LogP contribution in [0.1, 0.15) is 56.5 Å². The lowest BCUT2D eigenvalue weighted by Crippen LogP contribution is -2.39. The van der Waals surface area contributed by atoms with Crippen molar-refractivity contribution in [2.45, 2.75) is 46.1 Å². The number of allylic oxidation sites excluding steroid dienone is 1. The van der Waals surface area contributed by atoms with E-state index in [4.69, 9.17) is 14.2 Å². The Morgan fingerprint density at radius 1 is 1.19 bits per heavy atom. The molecule has 36 heavy (non-hydrogen) atoms. The van der Waals surface area contributed by atoms with Gasteiger partial charge >= 0.3 is 5.97 Å². The van der Waals surface area contributed by atoms with Crippen LogP contribution in [0.3, 0.4) is 0 Å². The second-order valence-corrected chi connectivity index (χ2v) is 10.3.